The van der Waals surface area contributed by atoms with Gasteiger partial charge in [0.15, 0.2) is 0 Å². The van der Waals surface area contributed by atoms with Crippen molar-refractivity contribution >= 4 is 0 Å². The SMILES string of the molecule is FC(F)(F)CNCCCC1CCNCC1. The molecule has 0 spiro atoms. The molecular weight excluding hydrogens is 205 g/mol. The van der Waals surface area contributed by atoms with Gasteiger partial charge in [-0.05, 0) is 51.2 Å². The fourth-order valence-corrected chi connectivity index (χ4v) is 1.92. The van der Waals surface area contributed by atoms with E-state index in [1.54, 1.807) is 0 Å². The van der Waals surface area contributed by atoms with Crippen molar-refractivity contribution in [3.8, 4) is 0 Å². The third kappa shape index (κ3) is 6.73. The summed E-state index contributed by atoms with van der Waals surface area (Å²) in [6, 6.07) is 0. The van der Waals surface area contributed by atoms with Crippen LogP contribution in [0.1, 0.15) is 25.7 Å². The maximum atomic E-state index is 11.8. The van der Waals surface area contributed by atoms with E-state index < -0.39 is 12.7 Å². The van der Waals surface area contributed by atoms with Crippen molar-refractivity contribution in [3.63, 3.8) is 0 Å². The summed E-state index contributed by atoms with van der Waals surface area (Å²) < 4.78 is 35.3. The van der Waals surface area contributed by atoms with Gasteiger partial charge in [0, 0.05) is 0 Å². The quantitative estimate of drug-likeness (QED) is 0.697. The van der Waals surface area contributed by atoms with Crippen molar-refractivity contribution < 1.29 is 13.2 Å². The minimum atomic E-state index is -4.07. The van der Waals surface area contributed by atoms with Crippen LogP contribution in [0, 0.1) is 5.92 Å². The molecule has 0 atom stereocenters. The number of nitrogens with one attached hydrogen (secondary N) is 2. The summed E-state index contributed by atoms with van der Waals surface area (Å²) in [7, 11) is 0. The van der Waals surface area contributed by atoms with Crippen molar-refractivity contribution in [2.75, 3.05) is 26.2 Å². The normalized spacial score (nSPS) is 19.4. The molecule has 0 unspecified atom stereocenters. The Kier molecular flexibility index (Phi) is 5.39. The lowest BCUT2D eigenvalue weighted by Gasteiger charge is -2.22. The van der Waals surface area contributed by atoms with Gasteiger partial charge in [0.25, 0.3) is 0 Å². The van der Waals surface area contributed by atoms with Crippen molar-refractivity contribution in [1.82, 2.24) is 10.6 Å². The average molecular weight is 224 g/mol. The van der Waals surface area contributed by atoms with E-state index in [1.165, 1.54) is 12.8 Å². The Balaban J connectivity index is 1.92. The molecule has 0 aliphatic carbocycles. The third-order valence-corrected chi connectivity index (χ3v) is 2.75. The van der Waals surface area contributed by atoms with E-state index in [1.807, 2.05) is 0 Å². The van der Waals surface area contributed by atoms with Gasteiger partial charge < -0.3 is 10.6 Å². The smallest absolute Gasteiger partial charge is 0.317 e. The molecule has 90 valence electrons. The fraction of sp³-hybridized carbons (Fsp3) is 1.00. The number of hydrogen-bond acceptors (Lipinski definition) is 2. The molecule has 0 radical (unpaired) electrons. The molecule has 1 aliphatic heterocycles. The van der Waals surface area contributed by atoms with Gasteiger partial charge in [-0.2, -0.15) is 13.2 Å². The van der Waals surface area contributed by atoms with E-state index in [-0.39, 0.29) is 0 Å². The molecule has 0 aromatic heterocycles. The first-order valence-electron chi connectivity index (χ1n) is 5.56. The summed E-state index contributed by atoms with van der Waals surface area (Å²) in [4.78, 5) is 0. The standard InChI is InChI=1S/C10H19F3N2/c11-10(12,13)8-15-5-1-2-9-3-6-14-7-4-9/h9,14-15H,1-8H2. The van der Waals surface area contributed by atoms with Gasteiger partial charge in [0.1, 0.15) is 0 Å². The second kappa shape index (κ2) is 6.33. The van der Waals surface area contributed by atoms with Gasteiger partial charge in [0.2, 0.25) is 0 Å². The first-order chi connectivity index (χ1) is 7.08. The zero-order valence-corrected chi connectivity index (χ0v) is 8.87. The van der Waals surface area contributed by atoms with Crippen LogP contribution in [0.3, 0.4) is 0 Å². The Hall–Kier alpha value is -0.290. The summed E-state index contributed by atoms with van der Waals surface area (Å²) in [5.41, 5.74) is 0. The van der Waals surface area contributed by atoms with Gasteiger partial charge in [-0.15, -0.1) is 0 Å². The van der Waals surface area contributed by atoms with E-state index in [0.717, 1.165) is 25.9 Å². The zero-order chi connectivity index (χ0) is 11.1. The molecule has 1 heterocycles. The molecule has 1 rings (SSSR count). The lowest BCUT2D eigenvalue weighted by atomic mass is 9.93. The number of piperidine rings is 1. The monoisotopic (exact) mass is 224 g/mol. The highest BCUT2D eigenvalue weighted by Gasteiger charge is 2.25. The van der Waals surface area contributed by atoms with Crippen LogP contribution in [0.2, 0.25) is 0 Å². The topological polar surface area (TPSA) is 24.1 Å². The second-order valence-corrected chi connectivity index (χ2v) is 4.13. The van der Waals surface area contributed by atoms with Crippen molar-refractivity contribution in [1.29, 1.82) is 0 Å². The predicted octanol–water partition coefficient (Wildman–Crippen LogP) is 1.92. The molecule has 1 saturated heterocycles. The molecule has 0 saturated carbocycles. The highest BCUT2D eigenvalue weighted by Crippen LogP contribution is 2.17. The highest BCUT2D eigenvalue weighted by molar-refractivity contribution is 4.68. The summed E-state index contributed by atoms with van der Waals surface area (Å²) in [5, 5.41) is 5.70. The van der Waals surface area contributed by atoms with Crippen LogP contribution < -0.4 is 10.6 Å². The van der Waals surface area contributed by atoms with E-state index in [2.05, 4.69) is 10.6 Å². The van der Waals surface area contributed by atoms with Crippen LogP contribution in [0.15, 0.2) is 0 Å². The molecular formula is C10H19F3N2. The first-order valence-corrected chi connectivity index (χ1v) is 5.56. The fourth-order valence-electron chi connectivity index (χ4n) is 1.92. The van der Waals surface area contributed by atoms with Gasteiger partial charge >= 0.3 is 6.18 Å². The lowest BCUT2D eigenvalue weighted by Crippen LogP contribution is -2.30. The molecule has 2 nitrogen and oxygen atoms in total. The predicted molar refractivity (Wildman–Crippen MR) is 53.8 cm³/mol. The first kappa shape index (κ1) is 12.8. The second-order valence-electron chi connectivity index (χ2n) is 4.13. The van der Waals surface area contributed by atoms with Crippen molar-refractivity contribution in [2.45, 2.75) is 31.9 Å². The molecule has 5 heteroatoms. The minimum Gasteiger partial charge on any atom is -0.317 e. The van der Waals surface area contributed by atoms with Gasteiger partial charge in [-0.25, -0.2) is 0 Å². The number of hydrogen-bond donors (Lipinski definition) is 2. The lowest BCUT2D eigenvalue weighted by molar-refractivity contribution is -0.124. The Bertz CT molecular complexity index is 165. The number of alkyl halides is 3. The minimum absolute atomic E-state index is 0.476. The highest BCUT2D eigenvalue weighted by atomic mass is 19.4. The molecule has 0 aromatic rings. The summed E-state index contributed by atoms with van der Waals surface area (Å²) >= 11 is 0. The Morgan fingerprint density at radius 1 is 1.20 bits per heavy atom. The summed E-state index contributed by atoms with van der Waals surface area (Å²) in [6.45, 7) is 1.73. The Labute approximate surface area is 88.6 Å². The number of halogens is 3. The maximum absolute atomic E-state index is 11.8. The molecule has 0 amide bonds. The Morgan fingerprint density at radius 3 is 2.47 bits per heavy atom. The van der Waals surface area contributed by atoms with Crippen LogP contribution in [0.5, 0.6) is 0 Å². The maximum Gasteiger partial charge on any atom is 0.401 e. The molecule has 1 fully saturated rings. The van der Waals surface area contributed by atoms with E-state index in [9.17, 15) is 13.2 Å². The molecule has 15 heavy (non-hydrogen) atoms. The third-order valence-electron chi connectivity index (χ3n) is 2.75. The average Bonchev–Trinajstić information content (AvgIpc) is 2.17. The van der Waals surface area contributed by atoms with Crippen LogP contribution in [0.4, 0.5) is 13.2 Å². The molecule has 0 aromatic carbocycles. The van der Waals surface area contributed by atoms with Crippen LogP contribution in [-0.2, 0) is 0 Å². The van der Waals surface area contributed by atoms with Crippen LogP contribution >= 0.6 is 0 Å². The van der Waals surface area contributed by atoms with Crippen LogP contribution in [-0.4, -0.2) is 32.4 Å². The van der Waals surface area contributed by atoms with Crippen LogP contribution in [0.25, 0.3) is 0 Å². The summed E-state index contributed by atoms with van der Waals surface area (Å²) in [6.07, 6.45) is 0.153. The van der Waals surface area contributed by atoms with Gasteiger partial charge in [-0.3, -0.25) is 0 Å². The van der Waals surface area contributed by atoms with Crippen molar-refractivity contribution in [2.24, 2.45) is 5.92 Å². The number of rotatable bonds is 5. The van der Waals surface area contributed by atoms with E-state index in [0.29, 0.717) is 12.5 Å². The van der Waals surface area contributed by atoms with E-state index >= 15 is 0 Å². The zero-order valence-electron chi connectivity index (χ0n) is 8.87. The summed E-state index contributed by atoms with van der Waals surface area (Å²) in [5.74, 6) is 0.707. The molecule has 1 aliphatic rings. The van der Waals surface area contributed by atoms with E-state index in [4.69, 9.17) is 0 Å². The van der Waals surface area contributed by atoms with Gasteiger partial charge in [0.05, 0.1) is 6.54 Å². The molecule has 0 bridgehead atoms. The van der Waals surface area contributed by atoms with Gasteiger partial charge in [-0.1, -0.05) is 0 Å². The Morgan fingerprint density at radius 2 is 1.87 bits per heavy atom. The van der Waals surface area contributed by atoms with Crippen molar-refractivity contribution in [3.05, 3.63) is 0 Å². The largest absolute Gasteiger partial charge is 0.401 e. The molecule has 2 N–H and O–H groups in total.